The van der Waals surface area contributed by atoms with Crippen molar-refractivity contribution in [1.29, 1.82) is 0 Å². The largest absolute Gasteiger partial charge is 0.358 e. The Labute approximate surface area is 127 Å². The first-order chi connectivity index (χ1) is 10.3. The van der Waals surface area contributed by atoms with E-state index in [0.29, 0.717) is 6.54 Å². The highest BCUT2D eigenvalue weighted by atomic mass is 32.1. The van der Waals surface area contributed by atoms with Crippen LogP contribution in [0, 0.1) is 5.92 Å². The summed E-state index contributed by atoms with van der Waals surface area (Å²) in [5.41, 5.74) is 2.75. The number of benzene rings is 1. The predicted octanol–water partition coefficient (Wildman–Crippen LogP) is 3.76. The summed E-state index contributed by atoms with van der Waals surface area (Å²) in [6, 6.07) is 7.81. The van der Waals surface area contributed by atoms with E-state index in [4.69, 9.17) is 0 Å². The van der Waals surface area contributed by atoms with Gasteiger partial charge in [-0.15, -0.1) is 17.9 Å². The molecule has 2 N–H and O–H groups in total. The highest BCUT2D eigenvalue weighted by Crippen LogP contribution is 2.31. The quantitative estimate of drug-likeness (QED) is 0.799. The summed E-state index contributed by atoms with van der Waals surface area (Å²) in [5, 5.41) is 9.02. The van der Waals surface area contributed by atoms with Crippen molar-refractivity contribution >= 4 is 28.1 Å². The van der Waals surface area contributed by atoms with Crippen LogP contribution < -0.4 is 10.6 Å². The molecular weight excluding hydrogens is 282 g/mol. The SMILES string of the molecule is C=CCNc1nc(-c2cccc(NC(=O)C3CC3)c2)cs1. The van der Waals surface area contributed by atoms with E-state index in [1.165, 1.54) is 0 Å². The highest BCUT2D eigenvalue weighted by molar-refractivity contribution is 7.14. The fraction of sp³-hybridized carbons (Fsp3) is 0.250. The molecule has 0 aliphatic heterocycles. The summed E-state index contributed by atoms with van der Waals surface area (Å²) in [6.07, 6.45) is 3.82. The summed E-state index contributed by atoms with van der Waals surface area (Å²) in [4.78, 5) is 16.3. The number of anilines is 2. The number of nitrogens with one attached hydrogen (secondary N) is 2. The number of hydrogen-bond donors (Lipinski definition) is 2. The third-order valence-corrected chi connectivity index (χ3v) is 4.08. The maximum atomic E-state index is 11.8. The van der Waals surface area contributed by atoms with Gasteiger partial charge in [-0.1, -0.05) is 18.2 Å². The van der Waals surface area contributed by atoms with E-state index < -0.39 is 0 Å². The van der Waals surface area contributed by atoms with Crippen LogP contribution in [-0.4, -0.2) is 17.4 Å². The summed E-state index contributed by atoms with van der Waals surface area (Å²) < 4.78 is 0. The molecular formula is C16H17N3OS. The van der Waals surface area contributed by atoms with E-state index in [9.17, 15) is 4.79 Å². The average Bonchev–Trinajstić information content (AvgIpc) is 3.24. The number of aromatic nitrogens is 1. The first-order valence-electron chi connectivity index (χ1n) is 6.98. The van der Waals surface area contributed by atoms with Gasteiger partial charge in [0.05, 0.1) is 5.69 Å². The molecule has 1 aliphatic carbocycles. The fourth-order valence-electron chi connectivity index (χ4n) is 1.99. The maximum absolute atomic E-state index is 11.8. The van der Waals surface area contributed by atoms with E-state index in [2.05, 4.69) is 22.2 Å². The lowest BCUT2D eigenvalue weighted by Crippen LogP contribution is -2.13. The van der Waals surface area contributed by atoms with Gasteiger partial charge in [0, 0.05) is 29.1 Å². The summed E-state index contributed by atoms with van der Waals surface area (Å²) in [7, 11) is 0. The predicted molar refractivity (Wildman–Crippen MR) is 87.6 cm³/mol. The molecule has 1 saturated carbocycles. The molecule has 0 radical (unpaired) electrons. The Morgan fingerprint density at radius 3 is 3.10 bits per heavy atom. The number of amides is 1. The normalized spacial score (nSPS) is 13.7. The maximum Gasteiger partial charge on any atom is 0.227 e. The number of carbonyl (C=O) groups excluding carboxylic acids is 1. The Hall–Kier alpha value is -2.14. The van der Waals surface area contributed by atoms with Crippen LogP contribution in [0.1, 0.15) is 12.8 Å². The Morgan fingerprint density at radius 2 is 2.33 bits per heavy atom. The molecule has 2 aromatic rings. The van der Waals surface area contributed by atoms with E-state index in [0.717, 1.165) is 34.9 Å². The topological polar surface area (TPSA) is 54.0 Å². The second-order valence-electron chi connectivity index (χ2n) is 5.05. The molecule has 3 rings (SSSR count). The van der Waals surface area contributed by atoms with Crippen molar-refractivity contribution in [3.63, 3.8) is 0 Å². The summed E-state index contributed by atoms with van der Waals surface area (Å²) in [5.74, 6) is 0.335. The van der Waals surface area contributed by atoms with Gasteiger partial charge >= 0.3 is 0 Å². The van der Waals surface area contributed by atoms with Crippen molar-refractivity contribution in [2.45, 2.75) is 12.8 Å². The molecule has 5 heteroatoms. The van der Waals surface area contributed by atoms with Crippen LogP contribution >= 0.6 is 11.3 Å². The molecule has 1 heterocycles. The minimum atomic E-state index is 0.124. The van der Waals surface area contributed by atoms with Gasteiger partial charge in [-0.3, -0.25) is 4.79 Å². The third-order valence-electron chi connectivity index (χ3n) is 3.28. The summed E-state index contributed by atoms with van der Waals surface area (Å²) in [6.45, 7) is 4.37. The second-order valence-corrected chi connectivity index (χ2v) is 5.91. The molecule has 0 bridgehead atoms. The minimum Gasteiger partial charge on any atom is -0.358 e. The Bertz CT molecular complexity index is 661. The van der Waals surface area contributed by atoms with Crippen molar-refractivity contribution in [3.05, 3.63) is 42.3 Å². The third kappa shape index (κ3) is 3.49. The van der Waals surface area contributed by atoms with Crippen molar-refractivity contribution in [1.82, 2.24) is 4.98 Å². The molecule has 1 aromatic heterocycles. The van der Waals surface area contributed by atoms with Crippen molar-refractivity contribution in [2.75, 3.05) is 17.2 Å². The van der Waals surface area contributed by atoms with Gasteiger partial charge < -0.3 is 10.6 Å². The average molecular weight is 299 g/mol. The lowest BCUT2D eigenvalue weighted by Gasteiger charge is -2.05. The van der Waals surface area contributed by atoms with Gasteiger partial charge in [0.2, 0.25) is 5.91 Å². The van der Waals surface area contributed by atoms with Gasteiger partial charge in [0.25, 0.3) is 0 Å². The molecule has 1 aliphatic rings. The number of carbonyl (C=O) groups is 1. The summed E-state index contributed by atoms with van der Waals surface area (Å²) >= 11 is 1.56. The number of thiazole rings is 1. The molecule has 4 nitrogen and oxygen atoms in total. The van der Waals surface area contributed by atoms with Crippen LogP contribution in [-0.2, 0) is 4.79 Å². The highest BCUT2D eigenvalue weighted by Gasteiger charge is 2.29. The zero-order valence-electron chi connectivity index (χ0n) is 11.6. The molecule has 0 saturated heterocycles. The number of hydrogen-bond acceptors (Lipinski definition) is 4. The van der Waals surface area contributed by atoms with E-state index in [-0.39, 0.29) is 11.8 Å². The zero-order chi connectivity index (χ0) is 14.7. The Morgan fingerprint density at radius 1 is 1.48 bits per heavy atom. The molecule has 1 aromatic carbocycles. The molecule has 1 fully saturated rings. The van der Waals surface area contributed by atoms with Gasteiger partial charge in [-0.2, -0.15) is 0 Å². The lowest BCUT2D eigenvalue weighted by atomic mass is 10.1. The molecule has 1 amide bonds. The number of nitrogens with zero attached hydrogens (tertiary/aromatic N) is 1. The minimum absolute atomic E-state index is 0.124. The Kier molecular flexibility index (Phi) is 4.01. The van der Waals surface area contributed by atoms with Crippen LogP contribution in [0.4, 0.5) is 10.8 Å². The van der Waals surface area contributed by atoms with Gasteiger partial charge in [0.1, 0.15) is 0 Å². The monoisotopic (exact) mass is 299 g/mol. The molecule has 108 valence electrons. The second kappa shape index (κ2) is 6.10. The first-order valence-corrected chi connectivity index (χ1v) is 7.86. The van der Waals surface area contributed by atoms with Crippen LogP contribution in [0.2, 0.25) is 0 Å². The van der Waals surface area contributed by atoms with Crippen LogP contribution in [0.5, 0.6) is 0 Å². The number of rotatable bonds is 6. The van der Waals surface area contributed by atoms with E-state index >= 15 is 0 Å². The smallest absolute Gasteiger partial charge is 0.227 e. The van der Waals surface area contributed by atoms with E-state index in [1.54, 1.807) is 17.4 Å². The zero-order valence-corrected chi connectivity index (χ0v) is 12.5. The molecule has 0 unspecified atom stereocenters. The molecule has 21 heavy (non-hydrogen) atoms. The van der Waals surface area contributed by atoms with Crippen LogP contribution in [0.15, 0.2) is 42.3 Å². The lowest BCUT2D eigenvalue weighted by molar-refractivity contribution is -0.117. The van der Waals surface area contributed by atoms with E-state index in [1.807, 2.05) is 29.6 Å². The van der Waals surface area contributed by atoms with Gasteiger partial charge in [-0.25, -0.2) is 4.98 Å². The molecule has 0 spiro atoms. The fourth-order valence-corrected chi connectivity index (χ4v) is 2.72. The first kappa shape index (κ1) is 13.8. The van der Waals surface area contributed by atoms with Gasteiger partial charge in [0.15, 0.2) is 5.13 Å². The van der Waals surface area contributed by atoms with Crippen molar-refractivity contribution < 1.29 is 4.79 Å². The standard InChI is InChI=1S/C16H17N3OS/c1-2-8-17-16-19-14(10-21-16)12-4-3-5-13(9-12)18-15(20)11-6-7-11/h2-5,9-11H,1,6-8H2,(H,17,19)(H,18,20). The van der Waals surface area contributed by atoms with Crippen molar-refractivity contribution in [2.24, 2.45) is 5.92 Å². The van der Waals surface area contributed by atoms with Crippen molar-refractivity contribution in [3.8, 4) is 11.3 Å². The van der Waals surface area contributed by atoms with Gasteiger partial charge in [-0.05, 0) is 25.0 Å². The van der Waals surface area contributed by atoms with Crippen LogP contribution in [0.3, 0.4) is 0 Å². The Balaban J connectivity index is 1.73. The van der Waals surface area contributed by atoms with Crippen LogP contribution in [0.25, 0.3) is 11.3 Å². The molecule has 0 atom stereocenters.